The lowest BCUT2D eigenvalue weighted by Crippen LogP contribution is -2.04. The van der Waals surface area contributed by atoms with Crippen molar-refractivity contribution in [1.29, 1.82) is 0 Å². The highest BCUT2D eigenvalue weighted by Crippen LogP contribution is 2.12. The van der Waals surface area contributed by atoms with Crippen molar-refractivity contribution >= 4 is 0 Å². The predicted molar refractivity (Wildman–Crippen MR) is 40.2 cm³/mol. The topological polar surface area (TPSA) is 46.2 Å². The van der Waals surface area contributed by atoms with Gasteiger partial charge in [-0.05, 0) is 11.6 Å². The van der Waals surface area contributed by atoms with E-state index in [0.717, 1.165) is 0 Å². The van der Waals surface area contributed by atoms with Gasteiger partial charge in [0.25, 0.3) is 0 Å². The van der Waals surface area contributed by atoms with Crippen molar-refractivity contribution in [2.45, 2.75) is 13.2 Å². The number of benzene rings is 1. The lowest BCUT2D eigenvalue weighted by Gasteiger charge is -2.04. The Morgan fingerprint density at radius 3 is 2.64 bits per heavy atom. The number of hydrogen-bond donors (Lipinski definition) is 2. The highest BCUT2D eigenvalue weighted by Gasteiger charge is 2.03. The molecule has 2 nitrogen and oxygen atoms in total. The van der Waals surface area contributed by atoms with E-state index in [1.807, 2.05) is 0 Å². The van der Waals surface area contributed by atoms with Crippen LogP contribution in [0.25, 0.3) is 0 Å². The van der Waals surface area contributed by atoms with Crippen LogP contribution in [0.3, 0.4) is 0 Å². The number of aliphatic hydroxyl groups is 1. The second kappa shape index (κ2) is 3.46. The summed E-state index contributed by atoms with van der Waals surface area (Å²) in [6.45, 7) is -0.0349. The van der Waals surface area contributed by atoms with Gasteiger partial charge in [0.1, 0.15) is 5.82 Å². The lowest BCUT2D eigenvalue weighted by molar-refractivity contribution is 0.279. The Morgan fingerprint density at radius 1 is 1.45 bits per heavy atom. The average molecular weight is 155 g/mol. The summed E-state index contributed by atoms with van der Waals surface area (Å²) in [6.07, 6.45) is 0. The molecule has 3 N–H and O–H groups in total. The molecule has 1 aromatic carbocycles. The van der Waals surface area contributed by atoms with Crippen molar-refractivity contribution in [1.82, 2.24) is 0 Å². The first-order valence-corrected chi connectivity index (χ1v) is 3.36. The zero-order valence-corrected chi connectivity index (χ0v) is 6.05. The first kappa shape index (κ1) is 8.17. The first-order chi connectivity index (χ1) is 5.29. The highest BCUT2D eigenvalue weighted by molar-refractivity contribution is 5.27. The van der Waals surface area contributed by atoms with Gasteiger partial charge in [0.2, 0.25) is 0 Å². The molecule has 0 aliphatic rings. The smallest absolute Gasteiger partial charge is 0.128 e. The second-order valence-electron chi connectivity index (χ2n) is 2.24. The fourth-order valence-corrected chi connectivity index (χ4v) is 0.980. The van der Waals surface area contributed by atoms with Gasteiger partial charge in [-0.25, -0.2) is 4.39 Å². The van der Waals surface area contributed by atoms with Crippen molar-refractivity contribution in [3.05, 3.63) is 35.1 Å². The molecular weight excluding hydrogens is 145 g/mol. The van der Waals surface area contributed by atoms with Gasteiger partial charge in [-0.2, -0.15) is 0 Å². The molecule has 1 rings (SSSR count). The van der Waals surface area contributed by atoms with Crippen molar-refractivity contribution in [2.24, 2.45) is 5.73 Å². The van der Waals surface area contributed by atoms with Gasteiger partial charge in [0.05, 0.1) is 6.61 Å². The van der Waals surface area contributed by atoms with E-state index in [9.17, 15) is 4.39 Å². The Balaban J connectivity index is 3.13. The van der Waals surface area contributed by atoms with Gasteiger partial charge < -0.3 is 10.8 Å². The van der Waals surface area contributed by atoms with Crippen molar-refractivity contribution < 1.29 is 9.50 Å². The van der Waals surface area contributed by atoms with Gasteiger partial charge in [0.15, 0.2) is 0 Å². The standard InChI is InChI=1S/C8H10FNO/c9-8-3-1-2-6(5-11)7(8)4-10/h1-3,11H,4-5,10H2. The summed E-state index contributed by atoms with van der Waals surface area (Å²) in [5.74, 6) is -0.348. The summed E-state index contributed by atoms with van der Waals surface area (Å²) in [5, 5.41) is 8.75. The molecule has 0 aromatic heterocycles. The SMILES string of the molecule is NCc1c(F)cccc1CO. The van der Waals surface area contributed by atoms with Gasteiger partial charge in [-0.3, -0.25) is 0 Å². The molecule has 60 valence electrons. The van der Waals surface area contributed by atoms with E-state index in [4.69, 9.17) is 10.8 Å². The largest absolute Gasteiger partial charge is 0.392 e. The summed E-state index contributed by atoms with van der Waals surface area (Å²) in [4.78, 5) is 0. The number of aliphatic hydroxyl groups excluding tert-OH is 1. The molecule has 0 unspecified atom stereocenters. The Labute approximate surface area is 64.5 Å². The quantitative estimate of drug-likeness (QED) is 0.662. The van der Waals surface area contributed by atoms with E-state index in [2.05, 4.69) is 0 Å². The minimum Gasteiger partial charge on any atom is -0.392 e. The third kappa shape index (κ3) is 1.56. The number of rotatable bonds is 2. The molecule has 0 aliphatic heterocycles. The molecule has 0 aliphatic carbocycles. The summed E-state index contributed by atoms with van der Waals surface area (Å²) < 4.78 is 12.8. The average Bonchev–Trinajstić information content (AvgIpc) is 2.04. The van der Waals surface area contributed by atoms with Gasteiger partial charge >= 0.3 is 0 Å². The van der Waals surface area contributed by atoms with Crippen molar-refractivity contribution in [2.75, 3.05) is 0 Å². The van der Waals surface area contributed by atoms with Crippen LogP contribution in [-0.4, -0.2) is 5.11 Å². The molecule has 0 saturated carbocycles. The van der Waals surface area contributed by atoms with Crippen LogP contribution in [0.15, 0.2) is 18.2 Å². The Hall–Kier alpha value is -0.930. The number of hydrogen-bond acceptors (Lipinski definition) is 2. The first-order valence-electron chi connectivity index (χ1n) is 3.36. The summed E-state index contributed by atoms with van der Waals surface area (Å²) in [7, 11) is 0. The summed E-state index contributed by atoms with van der Waals surface area (Å²) >= 11 is 0. The maximum Gasteiger partial charge on any atom is 0.128 e. The molecule has 11 heavy (non-hydrogen) atoms. The van der Waals surface area contributed by atoms with Crippen LogP contribution < -0.4 is 5.73 Å². The van der Waals surface area contributed by atoms with Gasteiger partial charge in [-0.15, -0.1) is 0 Å². The molecule has 1 aromatic rings. The molecule has 0 spiro atoms. The van der Waals surface area contributed by atoms with Gasteiger partial charge in [0, 0.05) is 12.1 Å². The number of nitrogens with two attached hydrogens (primary N) is 1. The minimum atomic E-state index is -0.348. The van der Waals surface area contributed by atoms with Crippen molar-refractivity contribution in [3.63, 3.8) is 0 Å². The predicted octanol–water partition coefficient (Wildman–Crippen LogP) is 0.777. The molecule has 0 atom stereocenters. The van der Waals surface area contributed by atoms with E-state index in [-0.39, 0.29) is 19.0 Å². The maximum atomic E-state index is 12.8. The van der Waals surface area contributed by atoms with E-state index in [0.29, 0.717) is 11.1 Å². The van der Waals surface area contributed by atoms with Crippen LogP contribution in [0, 0.1) is 5.82 Å². The third-order valence-electron chi connectivity index (χ3n) is 1.59. The fraction of sp³-hybridized carbons (Fsp3) is 0.250. The molecule has 0 amide bonds. The highest BCUT2D eigenvalue weighted by atomic mass is 19.1. The normalized spacial score (nSPS) is 10.1. The number of halogens is 1. The zero-order valence-electron chi connectivity index (χ0n) is 6.05. The minimum absolute atomic E-state index is 0.128. The monoisotopic (exact) mass is 155 g/mol. The van der Waals surface area contributed by atoms with Crippen LogP contribution in [0.1, 0.15) is 11.1 Å². The van der Waals surface area contributed by atoms with Crippen LogP contribution in [0.4, 0.5) is 4.39 Å². The maximum absolute atomic E-state index is 12.8. The molecule has 3 heteroatoms. The van der Waals surface area contributed by atoms with E-state index >= 15 is 0 Å². The lowest BCUT2D eigenvalue weighted by atomic mass is 10.1. The Kier molecular flexibility index (Phi) is 2.57. The van der Waals surface area contributed by atoms with Crippen LogP contribution in [0.2, 0.25) is 0 Å². The summed E-state index contributed by atoms with van der Waals surface area (Å²) in [6, 6.07) is 4.55. The van der Waals surface area contributed by atoms with Crippen LogP contribution in [0.5, 0.6) is 0 Å². The fourth-order valence-electron chi connectivity index (χ4n) is 0.980. The molecule has 0 saturated heterocycles. The van der Waals surface area contributed by atoms with E-state index < -0.39 is 0 Å². The second-order valence-corrected chi connectivity index (χ2v) is 2.24. The summed E-state index contributed by atoms with van der Waals surface area (Å²) in [5.41, 5.74) is 6.24. The third-order valence-corrected chi connectivity index (χ3v) is 1.59. The molecule has 0 fully saturated rings. The van der Waals surface area contributed by atoms with Crippen LogP contribution >= 0.6 is 0 Å². The van der Waals surface area contributed by atoms with E-state index in [1.165, 1.54) is 6.07 Å². The molecular formula is C8H10FNO. The van der Waals surface area contributed by atoms with Crippen LogP contribution in [-0.2, 0) is 13.2 Å². The zero-order chi connectivity index (χ0) is 8.27. The van der Waals surface area contributed by atoms with Gasteiger partial charge in [-0.1, -0.05) is 12.1 Å². The molecule has 0 bridgehead atoms. The van der Waals surface area contributed by atoms with E-state index in [1.54, 1.807) is 12.1 Å². The van der Waals surface area contributed by atoms with Crippen molar-refractivity contribution in [3.8, 4) is 0 Å². The molecule has 0 radical (unpaired) electrons. The Morgan fingerprint density at radius 2 is 2.18 bits per heavy atom. The Bertz CT molecular complexity index is 250. The molecule has 0 heterocycles.